The van der Waals surface area contributed by atoms with Gasteiger partial charge in [-0.2, -0.15) is 13.2 Å². The third-order valence-corrected chi connectivity index (χ3v) is 5.53. The molecule has 1 saturated carbocycles. The molecule has 0 aromatic rings. The van der Waals surface area contributed by atoms with Crippen molar-refractivity contribution in [3.63, 3.8) is 0 Å². The third kappa shape index (κ3) is 3.11. The predicted octanol–water partition coefficient (Wildman–Crippen LogP) is 1.87. The maximum atomic E-state index is 12.8. The number of aliphatic hydroxyl groups is 1. The summed E-state index contributed by atoms with van der Waals surface area (Å²) in [6, 6.07) is 0.579. The lowest BCUT2D eigenvalue weighted by molar-refractivity contribution is -0.270. The molecule has 4 nitrogen and oxygen atoms in total. The van der Waals surface area contributed by atoms with E-state index in [9.17, 15) is 23.1 Å². The van der Waals surface area contributed by atoms with Crippen molar-refractivity contribution in [3.05, 3.63) is 0 Å². The first-order valence-electron chi connectivity index (χ1n) is 8.12. The molecule has 0 spiro atoms. The molecular weight excluding hydrogens is 297 g/mol. The zero-order valence-electron chi connectivity index (χ0n) is 12.5. The molecule has 3 N–H and O–H groups in total. The predicted molar refractivity (Wildman–Crippen MR) is 74.1 cm³/mol. The fraction of sp³-hybridized carbons (Fsp3) is 0.933. The molecule has 3 atom stereocenters. The van der Waals surface area contributed by atoms with Crippen molar-refractivity contribution >= 4 is 5.91 Å². The number of carbonyl (C=O) groups is 1. The molecule has 0 aromatic heterocycles. The van der Waals surface area contributed by atoms with E-state index in [2.05, 4.69) is 10.6 Å². The van der Waals surface area contributed by atoms with Crippen LogP contribution in [0, 0.1) is 5.92 Å². The van der Waals surface area contributed by atoms with E-state index in [1.165, 1.54) is 0 Å². The number of alkyl halides is 3. The van der Waals surface area contributed by atoms with E-state index < -0.39 is 11.8 Å². The van der Waals surface area contributed by atoms with Crippen LogP contribution in [0.1, 0.15) is 51.4 Å². The highest BCUT2D eigenvalue weighted by Gasteiger charge is 2.54. The maximum Gasteiger partial charge on any atom is 0.417 e. The summed E-state index contributed by atoms with van der Waals surface area (Å²) in [6.45, 7) is 0. The topological polar surface area (TPSA) is 61.4 Å². The Kier molecular flexibility index (Phi) is 4.14. The largest absolute Gasteiger partial charge is 0.417 e. The zero-order valence-corrected chi connectivity index (χ0v) is 12.5. The maximum absolute atomic E-state index is 12.8. The highest BCUT2D eigenvalue weighted by molar-refractivity contribution is 5.79. The fourth-order valence-electron chi connectivity index (χ4n) is 4.11. The fourth-order valence-corrected chi connectivity index (χ4v) is 4.11. The van der Waals surface area contributed by atoms with Gasteiger partial charge in [-0.05, 0) is 51.4 Å². The molecule has 0 aromatic carbocycles. The number of halogens is 3. The van der Waals surface area contributed by atoms with E-state index >= 15 is 0 Å². The lowest BCUT2D eigenvalue weighted by atomic mass is 9.81. The quantitative estimate of drug-likeness (QED) is 0.728. The van der Waals surface area contributed by atoms with Gasteiger partial charge in [-0.25, -0.2) is 0 Å². The van der Waals surface area contributed by atoms with Gasteiger partial charge >= 0.3 is 6.18 Å². The first-order valence-corrected chi connectivity index (χ1v) is 8.12. The van der Waals surface area contributed by atoms with Crippen LogP contribution < -0.4 is 10.6 Å². The van der Waals surface area contributed by atoms with E-state index in [-0.39, 0.29) is 43.6 Å². The molecule has 2 heterocycles. The number of carbonyl (C=O) groups excluding carboxylic acids is 1. The summed E-state index contributed by atoms with van der Waals surface area (Å²) in [4.78, 5) is 12.3. The molecule has 1 unspecified atom stereocenters. The van der Waals surface area contributed by atoms with Crippen molar-refractivity contribution in [2.24, 2.45) is 5.92 Å². The molecule has 2 bridgehead atoms. The second kappa shape index (κ2) is 5.67. The Balaban J connectivity index is 1.49. The van der Waals surface area contributed by atoms with Crippen molar-refractivity contribution in [1.82, 2.24) is 10.6 Å². The Labute approximate surface area is 127 Å². The highest BCUT2D eigenvalue weighted by atomic mass is 19.4. The Bertz CT molecular complexity index is 421. The van der Waals surface area contributed by atoms with E-state index in [4.69, 9.17) is 0 Å². The molecule has 126 valence electrons. The van der Waals surface area contributed by atoms with Crippen LogP contribution in [0.2, 0.25) is 0 Å². The monoisotopic (exact) mass is 320 g/mol. The molecule has 2 saturated heterocycles. The minimum Gasteiger partial charge on any atom is -0.380 e. The van der Waals surface area contributed by atoms with Crippen LogP contribution in [0.25, 0.3) is 0 Å². The van der Waals surface area contributed by atoms with Crippen LogP contribution in [-0.4, -0.2) is 40.9 Å². The van der Waals surface area contributed by atoms with E-state index in [1.807, 2.05) is 0 Å². The normalized spacial score (nSPS) is 42.2. The molecular formula is C15H23F3N2O2. The first kappa shape index (κ1) is 16.1. The summed E-state index contributed by atoms with van der Waals surface area (Å²) < 4.78 is 38.3. The average molecular weight is 320 g/mol. The summed E-state index contributed by atoms with van der Waals surface area (Å²) in [7, 11) is 0. The van der Waals surface area contributed by atoms with Gasteiger partial charge in [-0.1, -0.05) is 0 Å². The van der Waals surface area contributed by atoms with Crippen molar-refractivity contribution in [1.29, 1.82) is 0 Å². The van der Waals surface area contributed by atoms with Crippen molar-refractivity contribution < 1.29 is 23.1 Å². The zero-order chi connectivity index (χ0) is 16.0. The minimum atomic E-state index is -4.59. The molecule has 1 aliphatic carbocycles. The number of hydrogen-bond donors (Lipinski definition) is 3. The SMILES string of the molecule is O=C(NC1CCC(O)(C(F)(F)F)CC1)C1C[C@H]2CC[C@@H](C1)N2. The number of piperidine rings is 1. The lowest BCUT2D eigenvalue weighted by Crippen LogP contribution is -2.52. The lowest BCUT2D eigenvalue weighted by Gasteiger charge is -2.38. The van der Waals surface area contributed by atoms with Gasteiger partial charge in [0.1, 0.15) is 0 Å². The summed E-state index contributed by atoms with van der Waals surface area (Å²) in [5, 5.41) is 16.0. The molecule has 7 heteroatoms. The second-order valence-corrected chi connectivity index (χ2v) is 7.12. The van der Waals surface area contributed by atoms with Gasteiger partial charge in [0.15, 0.2) is 5.60 Å². The smallest absolute Gasteiger partial charge is 0.380 e. The van der Waals surface area contributed by atoms with Crippen LogP contribution in [0.4, 0.5) is 13.2 Å². The summed E-state index contributed by atoms with van der Waals surface area (Å²) >= 11 is 0. The van der Waals surface area contributed by atoms with Crippen LogP contribution in [-0.2, 0) is 4.79 Å². The van der Waals surface area contributed by atoms with Gasteiger partial charge in [0.25, 0.3) is 0 Å². The third-order valence-electron chi connectivity index (χ3n) is 5.53. The number of fused-ring (bicyclic) bond motifs is 2. The van der Waals surface area contributed by atoms with Gasteiger partial charge in [-0.15, -0.1) is 0 Å². The first-order chi connectivity index (χ1) is 10.3. The highest BCUT2D eigenvalue weighted by Crippen LogP contribution is 2.41. The second-order valence-electron chi connectivity index (χ2n) is 7.12. The van der Waals surface area contributed by atoms with Crippen LogP contribution in [0.5, 0.6) is 0 Å². The Morgan fingerprint density at radius 3 is 2.14 bits per heavy atom. The molecule has 22 heavy (non-hydrogen) atoms. The molecule has 3 rings (SSSR count). The van der Waals surface area contributed by atoms with Gasteiger partial charge < -0.3 is 15.7 Å². The van der Waals surface area contributed by atoms with Gasteiger partial charge in [0.05, 0.1) is 0 Å². The number of amides is 1. The van der Waals surface area contributed by atoms with Crippen LogP contribution in [0.3, 0.4) is 0 Å². The molecule has 1 amide bonds. The Morgan fingerprint density at radius 2 is 1.64 bits per heavy atom. The minimum absolute atomic E-state index is 0.0258. The van der Waals surface area contributed by atoms with Gasteiger partial charge in [0.2, 0.25) is 5.91 Å². The summed E-state index contributed by atoms with van der Waals surface area (Å²) in [5.41, 5.74) is -2.58. The molecule has 3 aliphatic rings. The Hall–Kier alpha value is -0.820. The summed E-state index contributed by atoms with van der Waals surface area (Å²) in [6.07, 6.45) is -1.04. The van der Waals surface area contributed by atoms with Crippen molar-refractivity contribution in [2.75, 3.05) is 0 Å². The van der Waals surface area contributed by atoms with Crippen LogP contribution in [0.15, 0.2) is 0 Å². The van der Waals surface area contributed by atoms with Crippen molar-refractivity contribution in [2.45, 2.75) is 81.3 Å². The number of hydrogen-bond acceptors (Lipinski definition) is 3. The molecule has 2 aliphatic heterocycles. The standard InChI is InChI=1S/C15H23F3N2O2/c16-15(17,18)14(22)5-3-10(4-6-14)20-13(21)9-7-11-1-2-12(8-9)19-11/h9-12,19,22H,1-8H2,(H,20,21)/t9?,10?,11-,12+,14?. The van der Waals surface area contributed by atoms with E-state index in [0.29, 0.717) is 12.1 Å². The van der Waals surface area contributed by atoms with Crippen LogP contribution >= 0.6 is 0 Å². The van der Waals surface area contributed by atoms with Crippen molar-refractivity contribution in [3.8, 4) is 0 Å². The van der Waals surface area contributed by atoms with E-state index in [1.54, 1.807) is 0 Å². The molecule has 3 fully saturated rings. The van der Waals surface area contributed by atoms with Gasteiger partial charge in [-0.3, -0.25) is 4.79 Å². The number of rotatable bonds is 2. The molecule has 0 radical (unpaired) electrons. The number of nitrogens with one attached hydrogen (secondary N) is 2. The average Bonchev–Trinajstić information content (AvgIpc) is 2.79. The van der Waals surface area contributed by atoms with E-state index in [0.717, 1.165) is 25.7 Å². The van der Waals surface area contributed by atoms with Gasteiger partial charge in [0, 0.05) is 24.0 Å². The summed E-state index contributed by atoms with van der Waals surface area (Å²) in [5.74, 6) is -0.0528. The Morgan fingerprint density at radius 1 is 1.09 bits per heavy atom.